The number of nitriles is 4. The number of esters is 4. The zero-order valence-electron chi connectivity index (χ0n) is 44.3. The van der Waals surface area contributed by atoms with Crippen LogP contribution in [0.4, 0.5) is 17.1 Å². The van der Waals surface area contributed by atoms with E-state index in [2.05, 4.69) is 33.9 Å². The van der Waals surface area contributed by atoms with Crippen LogP contribution in [-0.4, -0.2) is 124 Å². The Bertz CT molecular complexity index is 2920. The zero-order chi connectivity index (χ0) is 56.0. The summed E-state index contributed by atoms with van der Waals surface area (Å²) in [7, 11) is 1.71. The second-order valence-electron chi connectivity index (χ2n) is 17.4. The van der Waals surface area contributed by atoms with Crippen LogP contribution in [-0.2, 0) is 42.9 Å². The fourth-order valence-electron chi connectivity index (χ4n) is 8.57. The van der Waals surface area contributed by atoms with Crippen molar-refractivity contribution in [2.45, 2.75) is 84.7 Å². The maximum atomic E-state index is 14.1. The normalized spacial score (nSPS) is 19.5. The molecule has 6 atom stereocenters. The maximum absolute atomic E-state index is 14.1. The molecule has 18 heteroatoms. The van der Waals surface area contributed by atoms with Crippen LogP contribution in [0.25, 0.3) is 18.2 Å². The molecule has 1 saturated heterocycles. The van der Waals surface area contributed by atoms with Gasteiger partial charge in [0.2, 0.25) is 6.29 Å². The highest BCUT2D eigenvalue weighted by atomic mass is 16.7. The smallest absolute Gasteiger partial charge is 0.351 e. The van der Waals surface area contributed by atoms with Gasteiger partial charge < -0.3 is 43.9 Å². The lowest BCUT2D eigenvalue weighted by molar-refractivity contribution is -0.296. The summed E-state index contributed by atoms with van der Waals surface area (Å²) in [5.74, 6) is -5.07. The van der Waals surface area contributed by atoms with E-state index in [0.717, 1.165) is 56.3 Å². The lowest BCUT2D eigenvalue weighted by Gasteiger charge is -2.42. The van der Waals surface area contributed by atoms with Gasteiger partial charge in [0.1, 0.15) is 65.4 Å². The molecule has 0 aromatic heterocycles. The number of ether oxygens (including phenoxy) is 5. The standard InChI is InChI=1S/C59H64N8O10/c1-8-65(9-2)48-24-16-40(17-25-48)30-43(34-60)55(69)73-38-51-53(75-56(70)44(35-61)32-41-18-26-49(27-19-41)66(10-3)11-4)52(68)54(76-57(71)45(36-62)31-39-14-22-47(64-7)23-15-39)59(74-51)77-58(72)46(37-63)33-42-20-28-50(29-21-42)67(12-5)13-6/h14-24,26-33,48,51-54,59,64,68H,8-13,25,38H2,1-7H3/b43-30+,44-32+,45-31+,46-33+. The number of rotatable bonds is 23. The van der Waals surface area contributed by atoms with Crippen LogP contribution in [0.1, 0.15) is 64.7 Å². The number of aliphatic hydroxyl groups is 1. The predicted molar refractivity (Wildman–Crippen MR) is 290 cm³/mol. The summed E-state index contributed by atoms with van der Waals surface area (Å²) in [6, 6.07) is 28.0. The predicted octanol–water partition coefficient (Wildman–Crippen LogP) is 7.58. The van der Waals surface area contributed by atoms with Crippen LogP contribution in [0, 0.1) is 45.3 Å². The molecule has 3 aromatic rings. The van der Waals surface area contributed by atoms with E-state index in [1.807, 2.05) is 76.3 Å². The molecule has 6 unspecified atom stereocenters. The summed E-state index contributed by atoms with van der Waals surface area (Å²) < 4.78 is 29.0. The molecule has 400 valence electrons. The number of carbonyl (C=O) groups excluding carboxylic acids is 4. The van der Waals surface area contributed by atoms with Gasteiger partial charge in [-0.15, -0.1) is 0 Å². The minimum absolute atomic E-state index is 0.121. The summed E-state index contributed by atoms with van der Waals surface area (Å²) in [5.41, 5.74) is 2.32. The molecule has 2 N–H and O–H groups in total. The van der Waals surface area contributed by atoms with E-state index in [1.165, 1.54) is 24.3 Å². The molecule has 1 heterocycles. The lowest BCUT2D eigenvalue weighted by atomic mass is 9.98. The molecule has 1 aliphatic heterocycles. The Morgan fingerprint density at radius 2 is 1.04 bits per heavy atom. The highest BCUT2D eigenvalue weighted by Gasteiger charge is 2.52. The van der Waals surface area contributed by atoms with Crippen molar-refractivity contribution in [3.05, 3.63) is 142 Å². The summed E-state index contributed by atoms with van der Waals surface area (Å²) in [4.78, 5) is 62.1. The van der Waals surface area contributed by atoms with Crippen LogP contribution in [0.5, 0.6) is 0 Å². The lowest BCUT2D eigenvalue weighted by Crippen LogP contribution is -2.62. The molecular weight excluding hydrogens is 981 g/mol. The maximum Gasteiger partial charge on any atom is 0.351 e. The van der Waals surface area contributed by atoms with Gasteiger partial charge in [-0.2, -0.15) is 21.0 Å². The van der Waals surface area contributed by atoms with Gasteiger partial charge in [-0.1, -0.05) is 68.5 Å². The molecule has 0 radical (unpaired) electrons. The third kappa shape index (κ3) is 15.9. The molecular formula is C59H64N8O10. The number of nitrogens with one attached hydrogen (secondary N) is 1. The SMILES string of the molecule is CCN(CC)c1ccc(/C=C(\C#N)C(=O)OC2OC(COC(=O)/C(C#N)=C/C3=CCC(N(CC)CC)C=C3)C(OC(=O)/C(C#N)=C/c3ccc(N(CC)CC)cc3)C(O)C2OC(=O)/C(C#N)=C/c2ccc(NC)cc2)cc1. The van der Waals surface area contributed by atoms with Crippen molar-refractivity contribution in [3.8, 4) is 24.3 Å². The van der Waals surface area contributed by atoms with Gasteiger partial charge in [0.25, 0.3) is 0 Å². The second-order valence-corrected chi connectivity index (χ2v) is 17.4. The largest absolute Gasteiger partial charge is 0.459 e. The fourth-order valence-corrected chi connectivity index (χ4v) is 8.57. The van der Waals surface area contributed by atoms with Crippen LogP contribution in [0.2, 0.25) is 0 Å². The number of anilines is 3. The molecule has 0 spiro atoms. The number of hydrogen-bond donors (Lipinski definition) is 2. The highest BCUT2D eigenvalue weighted by Crippen LogP contribution is 2.31. The second kappa shape index (κ2) is 29.3. The van der Waals surface area contributed by atoms with Crippen molar-refractivity contribution in [2.75, 3.05) is 68.0 Å². The minimum atomic E-state index is -2.22. The minimum Gasteiger partial charge on any atom is -0.459 e. The zero-order valence-corrected chi connectivity index (χ0v) is 44.3. The van der Waals surface area contributed by atoms with E-state index < -0.39 is 83.5 Å². The molecule has 77 heavy (non-hydrogen) atoms. The van der Waals surface area contributed by atoms with Crippen molar-refractivity contribution < 1.29 is 48.0 Å². The number of nitrogens with zero attached hydrogens (tertiary/aromatic N) is 7. The van der Waals surface area contributed by atoms with Crippen molar-refractivity contribution in [3.63, 3.8) is 0 Å². The molecule has 18 nitrogen and oxygen atoms in total. The van der Waals surface area contributed by atoms with Gasteiger partial charge in [-0.25, -0.2) is 19.2 Å². The molecule has 3 aromatic carbocycles. The third-order valence-corrected chi connectivity index (χ3v) is 12.9. The Morgan fingerprint density at radius 3 is 1.44 bits per heavy atom. The van der Waals surface area contributed by atoms with Gasteiger partial charge in [0.15, 0.2) is 12.2 Å². The molecule has 0 bridgehead atoms. The van der Waals surface area contributed by atoms with Gasteiger partial charge in [0.05, 0.1) is 0 Å². The number of allylic oxidation sites excluding steroid dienone is 3. The van der Waals surface area contributed by atoms with Crippen LogP contribution >= 0.6 is 0 Å². The van der Waals surface area contributed by atoms with E-state index >= 15 is 0 Å². The first-order chi connectivity index (χ1) is 37.2. The molecule has 1 aliphatic carbocycles. The third-order valence-electron chi connectivity index (χ3n) is 12.9. The van der Waals surface area contributed by atoms with Crippen molar-refractivity contribution >= 4 is 59.2 Å². The van der Waals surface area contributed by atoms with E-state index in [0.29, 0.717) is 28.7 Å². The Morgan fingerprint density at radius 1 is 0.610 bits per heavy atom. The average molecular weight is 1050 g/mol. The summed E-state index contributed by atoms with van der Waals surface area (Å²) in [5, 5.41) is 56.0. The molecule has 1 fully saturated rings. The highest BCUT2D eigenvalue weighted by molar-refractivity contribution is 6.00. The number of carbonyl (C=O) groups is 4. The number of benzene rings is 3. The van der Waals surface area contributed by atoms with E-state index in [-0.39, 0.29) is 6.04 Å². The number of hydrogen-bond acceptors (Lipinski definition) is 18. The van der Waals surface area contributed by atoms with Gasteiger partial charge in [0, 0.05) is 56.3 Å². The Labute approximate surface area is 450 Å². The van der Waals surface area contributed by atoms with Crippen LogP contribution in [0.3, 0.4) is 0 Å². The Hall–Kier alpha value is -8.78. The van der Waals surface area contributed by atoms with Gasteiger partial charge in [-0.05, 0) is 130 Å². The summed E-state index contributed by atoms with van der Waals surface area (Å²) in [6.07, 6.45) is 1.07. The summed E-state index contributed by atoms with van der Waals surface area (Å²) >= 11 is 0. The quantitative estimate of drug-likeness (QED) is 0.0402. The topological polar surface area (TPSA) is 252 Å². The first kappa shape index (κ1) is 59.1. The average Bonchev–Trinajstić information content (AvgIpc) is 3.46. The van der Waals surface area contributed by atoms with Crippen molar-refractivity contribution in [1.29, 1.82) is 21.0 Å². The van der Waals surface area contributed by atoms with E-state index in [1.54, 1.807) is 73.8 Å². The Balaban J connectivity index is 1.55. The van der Waals surface area contributed by atoms with Crippen LogP contribution in [0.15, 0.2) is 125 Å². The first-order valence-electron chi connectivity index (χ1n) is 25.4. The van der Waals surface area contributed by atoms with E-state index in [4.69, 9.17) is 23.7 Å². The van der Waals surface area contributed by atoms with Crippen molar-refractivity contribution in [2.24, 2.45) is 0 Å². The first-order valence-corrected chi connectivity index (χ1v) is 25.4. The van der Waals surface area contributed by atoms with E-state index in [9.17, 15) is 45.3 Å². The van der Waals surface area contributed by atoms with Crippen LogP contribution < -0.4 is 15.1 Å². The molecule has 0 saturated carbocycles. The summed E-state index contributed by atoms with van der Waals surface area (Å²) in [6.45, 7) is 15.8. The van der Waals surface area contributed by atoms with Crippen molar-refractivity contribution in [1.82, 2.24) is 4.90 Å². The molecule has 2 aliphatic rings. The monoisotopic (exact) mass is 1040 g/mol. The number of aliphatic hydroxyl groups excluding tert-OH is 1. The number of likely N-dealkylation sites (N-methyl/N-ethyl adjacent to an activating group) is 1. The van der Waals surface area contributed by atoms with Gasteiger partial charge >= 0.3 is 23.9 Å². The molecule has 0 amide bonds. The van der Waals surface area contributed by atoms with Gasteiger partial charge in [-0.3, -0.25) is 4.90 Å². The Kier molecular flexibility index (Phi) is 22.5. The fraction of sp³-hybridized carbons (Fsp3) is 0.356. The molecule has 5 rings (SSSR count).